The lowest BCUT2D eigenvalue weighted by atomic mass is 10.3. The SMILES string of the molecule is C[Si](C)(C)N(B(F)F)[Si](C)(C)C. The van der Waals surface area contributed by atoms with Crippen molar-refractivity contribution >= 4 is 23.9 Å². The summed E-state index contributed by atoms with van der Waals surface area (Å²) in [6.45, 7) is 11.8. The largest absolute Gasteiger partial charge is 0.622 e. The first-order valence-corrected chi connectivity index (χ1v) is 11.0. The van der Waals surface area contributed by atoms with Crippen molar-refractivity contribution in [2.24, 2.45) is 0 Å². The second-order valence-electron chi connectivity index (χ2n) is 4.99. The van der Waals surface area contributed by atoms with E-state index in [1.165, 1.54) is 4.14 Å². The molecule has 12 heavy (non-hydrogen) atoms. The molecule has 0 radical (unpaired) electrons. The van der Waals surface area contributed by atoms with E-state index in [2.05, 4.69) is 0 Å². The highest BCUT2D eigenvalue weighted by molar-refractivity contribution is 6.97. The number of hydrogen-bond acceptors (Lipinski definition) is 1. The van der Waals surface area contributed by atoms with Crippen LogP contribution in [0.4, 0.5) is 8.63 Å². The highest BCUT2D eigenvalue weighted by Gasteiger charge is 2.43. The van der Waals surface area contributed by atoms with E-state index < -0.39 is 23.9 Å². The van der Waals surface area contributed by atoms with Crippen molar-refractivity contribution in [2.75, 3.05) is 0 Å². The minimum Gasteiger partial charge on any atom is -0.327 e. The van der Waals surface area contributed by atoms with E-state index in [0.717, 1.165) is 0 Å². The number of rotatable bonds is 3. The lowest BCUT2D eigenvalue weighted by Crippen LogP contribution is -2.63. The van der Waals surface area contributed by atoms with Crippen LogP contribution in [0.5, 0.6) is 0 Å². The first kappa shape index (κ1) is 12.3. The maximum atomic E-state index is 12.7. The van der Waals surface area contributed by atoms with Gasteiger partial charge in [-0.15, -0.1) is 0 Å². The van der Waals surface area contributed by atoms with Gasteiger partial charge in [0, 0.05) is 0 Å². The van der Waals surface area contributed by atoms with E-state index in [9.17, 15) is 8.63 Å². The minimum absolute atomic E-state index is 1.49. The molecule has 0 fully saturated rings. The molecule has 0 aliphatic heterocycles. The van der Waals surface area contributed by atoms with Gasteiger partial charge in [-0.1, -0.05) is 39.3 Å². The van der Waals surface area contributed by atoms with Gasteiger partial charge in [0.05, 0.1) is 0 Å². The highest BCUT2D eigenvalue weighted by Crippen LogP contribution is 2.21. The van der Waals surface area contributed by atoms with Crippen molar-refractivity contribution in [3.8, 4) is 0 Å². The number of hydrogen-bond donors (Lipinski definition) is 0. The van der Waals surface area contributed by atoms with Gasteiger partial charge in [0.2, 0.25) is 0 Å². The Labute approximate surface area is 76.5 Å². The molecular formula is C6H18BF2NSi2. The molecule has 0 aromatic rings. The van der Waals surface area contributed by atoms with Gasteiger partial charge in [-0.3, -0.25) is 8.63 Å². The maximum Gasteiger partial charge on any atom is 0.622 e. The van der Waals surface area contributed by atoms with E-state index in [4.69, 9.17) is 0 Å². The summed E-state index contributed by atoms with van der Waals surface area (Å²) in [6.07, 6.45) is 0. The zero-order valence-electron chi connectivity index (χ0n) is 8.78. The third-order valence-corrected chi connectivity index (χ3v) is 8.95. The van der Waals surface area contributed by atoms with E-state index in [1.54, 1.807) is 0 Å². The molecule has 0 heterocycles. The molecule has 0 aromatic carbocycles. The van der Waals surface area contributed by atoms with Gasteiger partial charge >= 0.3 is 7.40 Å². The molecule has 0 saturated carbocycles. The Hall–Kier alpha value is 0.319. The predicted molar refractivity (Wildman–Crippen MR) is 56.5 cm³/mol. The van der Waals surface area contributed by atoms with Crippen LogP contribution in [0.3, 0.4) is 0 Å². The van der Waals surface area contributed by atoms with Gasteiger partial charge in [0.25, 0.3) is 0 Å². The van der Waals surface area contributed by atoms with Gasteiger partial charge in [-0.05, 0) is 0 Å². The van der Waals surface area contributed by atoms with E-state index in [1.807, 2.05) is 39.3 Å². The van der Waals surface area contributed by atoms with Gasteiger partial charge in [-0.25, -0.2) is 0 Å². The van der Waals surface area contributed by atoms with Gasteiger partial charge < -0.3 is 4.14 Å². The highest BCUT2D eigenvalue weighted by atomic mass is 28.4. The molecule has 6 heteroatoms. The lowest BCUT2D eigenvalue weighted by Gasteiger charge is -2.41. The molecular weight excluding hydrogens is 191 g/mol. The van der Waals surface area contributed by atoms with E-state index >= 15 is 0 Å². The molecule has 0 amide bonds. The summed E-state index contributed by atoms with van der Waals surface area (Å²) in [5.41, 5.74) is 0. The molecule has 0 rings (SSSR count). The zero-order valence-corrected chi connectivity index (χ0v) is 10.8. The summed E-state index contributed by atoms with van der Waals surface area (Å²) in [4.78, 5) is 0. The molecule has 0 aromatic heterocycles. The maximum absolute atomic E-state index is 12.7. The monoisotopic (exact) mass is 209 g/mol. The molecule has 0 bridgehead atoms. The van der Waals surface area contributed by atoms with Crippen LogP contribution in [0.2, 0.25) is 39.3 Å². The Balaban J connectivity index is 4.70. The summed E-state index contributed by atoms with van der Waals surface area (Å²) < 4.78 is 26.9. The van der Waals surface area contributed by atoms with Crippen LogP contribution >= 0.6 is 0 Å². The van der Waals surface area contributed by atoms with Crippen molar-refractivity contribution in [1.29, 1.82) is 0 Å². The van der Waals surface area contributed by atoms with E-state index in [0.29, 0.717) is 0 Å². The molecule has 0 unspecified atom stereocenters. The molecule has 0 aliphatic rings. The quantitative estimate of drug-likeness (QED) is 0.646. The van der Waals surface area contributed by atoms with Crippen LogP contribution in [0, 0.1) is 0 Å². The molecule has 0 atom stereocenters. The fourth-order valence-corrected chi connectivity index (χ4v) is 10.8. The summed E-state index contributed by atoms with van der Waals surface area (Å²) >= 11 is 0. The van der Waals surface area contributed by atoms with Crippen LogP contribution in [-0.2, 0) is 0 Å². The van der Waals surface area contributed by atoms with Crippen molar-refractivity contribution in [3.63, 3.8) is 0 Å². The topological polar surface area (TPSA) is 3.24 Å². The third kappa shape index (κ3) is 3.36. The average molecular weight is 209 g/mol. The van der Waals surface area contributed by atoms with E-state index in [-0.39, 0.29) is 0 Å². The summed E-state index contributed by atoms with van der Waals surface area (Å²) in [5, 5.41) is 0. The van der Waals surface area contributed by atoms with Gasteiger partial charge in [0.15, 0.2) is 0 Å². The Kier molecular flexibility index (Phi) is 3.69. The zero-order chi connectivity index (χ0) is 10.2. The van der Waals surface area contributed by atoms with Crippen LogP contribution in [0.15, 0.2) is 0 Å². The lowest BCUT2D eigenvalue weighted by molar-refractivity contribution is 0.583. The van der Waals surface area contributed by atoms with Crippen molar-refractivity contribution in [2.45, 2.75) is 39.3 Å². The summed E-state index contributed by atoms with van der Waals surface area (Å²) in [5.74, 6) is 0. The normalized spacial score (nSPS) is 13.8. The van der Waals surface area contributed by atoms with Gasteiger partial charge in [-0.2, -0.15) is 0 Å². The van der Waals surface area contributed by atoms with Crippen LogP contribution in [0.25, 0.3) is 0 Å². The van der Waals surface area contributed by atoms with Crippen molar-refractivity contribution in [3.05, 3.63) is 0 Å². The molecule has 0 aliphatic carbocycles. The fourth-order valence-electron chi connectivity index (χ4n) is 1.59. The van der Waals surface area contributed by atoms with Crippen molar-refractivity contribution < 1.29 is 8.63 Å². The van der Waals surface area contributed by atoms with Gasteiger partial charge in [0.1, 0.15) is 16.5 Å². The molecule has 0 spiro atoms. The standard InChI is InChI=1S/C6H18BF2NSi2/c1-11(2,3)10(7(8)9)12(4,5)6/h1-6H3. The minimum atomic E-state index is -2.27. The summed E-state index contributed by atoms with van der Waals surface area (Å²) in [6, 6.07) is 0. The van der Waals surface area contributed by atoms with Crippen LogP contribution in [-0.4, -0.2) is 28.0 Å². The predicted octanol–water partition coefficient (Wildman–Crippen LogP) is 2.88. The van der Waals surface area contributed by atoms with Crippen molar-refractivity contribution in [1.82, 2.24) is 4.14 Å². The first-order chi connectivity index (χ1) is 5.07. The summed E-state index contributed by atoms with van der Waals surface area (Å²) in [7, 11) is -5.95. The Morgan fingerprint density at radius 3 is 1.08 bits per heavy atom. The number of nitrogens with zero attached hydrogens (tertiary/aromatic N) is 1. The Morgan fingerprint density at radius 1 is 0.833 bits per heavy atom. The average Bonchev–Trinajstić information content (AvgIpc) is 1.49. The second-order valence-corrected chi connectivity index (χ2v) is 15.1. The first-order valence-electron chi connectivity index (χ1n) is 4.14. The second kappa shape index (κ2) is 3.59. The van der Waals surface area contributed by atoms with Crippen LogP contribution in [0.1, 0.15) is 0 Å². The molecule has 0 saturated heterocycles. The van der Waals surface area contributed by atoms with Crippen LogP contribution < -0.4 is 0 Å². The third-order valence-electron chi connectivity index (χ3n) is 1.64. The number of halogens is 2. The molecule has 0 N–H and O–H groups in total. The Bertz CT molecular complexity index is 139. The fraction of sp³-hybridized carbons (Fsp3) is 1.00. The molecule has 72 valence electrons. The smallest absolute Gasteiger partial charge is 0.327 e. The Morgan fingerprint density at radius 2 is 1.08 bits per heavy atom. The molecule has 1 nitrogen and oxygen atoms in total.